The highest BCUT2D eigenvalue weighted by atomic mass is 19.4. The van der Waals surface area contributed by atoms with Crippen LogP contribution in [0.2, 0.25) is 0 Å². The molecule has 2 aromatic rings. The summed E-state index contributed by atoms with van der Waals surface area (Å²) in [5.41, 5.74) is -0.482. The second-order valence-corrected chi connectivity index (χ2v) is 8.00. The minimum atomic E-state index is -4.51. The van der Waals surface area contributed by atoms with E-state index in [1.165, 1.54) is 12.1 Å². The van der Waals surface area contributed by atoms with Gasteiger partial charge in [-0.15, -0.1) is 0 Å². The normalized spacial score (nSPS) is 11.4. The number of nitrogens with one attached hydrogen (secondary N) is 4. The van der Waals surface area contributed by atoms with E-state index in [-0.39, 0.29) is 30.6 Å². The highest BCUT2D eigenvalue weighted by molar-refractivity contribution is 5.97. The first-order valence-corrected chi connectivity index (χ1v) is 9.78. The number of anilines is 2. The minimum absolute atomic E-state index is 0.00000179. The lowest BCUT2D eigenvalue weighted by atomic mass is 9.95. The predicted octanol–water partition coefficient (Wildman–Crippen LogP) is 4.24. The lowest BCUT2D eigenvalue weighted by Crippen LogP contribution is -2.36. The number of halogens is 3. The largest absolute Gasteiger partial charge is 0.416 e. The van der Waals surface area contributed by atoms with Gasteiger partial charge in [-0.25, -0.2) is 4.79 Å². The van der Waals surface area contributed by atoms with Gasteiger partial charge >= 0.3 is 12.2 Å². The Morgan fingerprint density at radius 3 is 2.03 bits per heavy atom. The van der Waals surface area contributed by atoms with Crippen molar-refractivity contribution in [2.24, 2.45) is 5.41 Å². The molecule has 0 aliphatic heterocycles. The average molecular weight is 450 g/mol. The maximum Gasteiger partial charge on any atom is 0.416 e. The molecule has 0 fully saturated rings. The van der Waals surface area contributed by atoms with Crippen LogP contribution in [0.5, 0.6) is 0 Å². The van der Waals surface area contributed by atoms with Gasteiger partial charge in [0.1, 0.15) is 0 Å². The van der Waals surface area contributed by atoms with Crippen molar-refractivity contribution >= 4 is 29.2 Å². The molecule has 7 nitrogen and oxygen atoms in total. The first kappa shape index (κ1) is 24.7. The standard InChI is InChI=1S/C22H25F3N4O3/c1-21(2,3)19(31)28-16-9-7-14(8-10-16)18(30)26-11-12-27-20(32)29-17-6-4-5-15(13-17)22(23,24)25/h4-10,13H,11-12H2,1-3H3,(H,26,30)(H,28,31)(H2,27,29,32). The molecule has 0 bridgehead atoms. The van der Waals surface area contributed by atoms with E-state index in [2.05, 4.69) is 21.3 Å². The Bertz CT molecular complexity index is 968. The summed E-state index contributed by atoms with van der Waals surface area (Å²) in [5, 5.41) is 10.1. The van der Waals surface area contributed by atoms with Crippen molar-refractivity contribution in [3.8, 4) is 0 Å². The summed E-state index contributed by atoms with van der Waals surface area (Å²) in [6.07, 6.45) is -4.51. The molecule has 172 valence electrons. The molecule has 4 N–H and O–H groups in total. The lowest BCUT2D eigenvalue weighted by molar-refractivity contribution is -0.137. The zero-order chi connectivity index (χ0) is 23.9. The van der Waals surface area contributed by atoms with E-state index in [1.807, 2.05) is 0 Å². The van der Waals surface area contributed by atoms with Crippen LogP contribution in [0, 0.1) is 5.41 Å². The summed E-state index contributed by atoms with van der Waals surface area (Å²) in [4.78, 5) is 36.0. The van der Waals surface area contributed by atoms with Gasteiger partial charge < -0.3 is 21.3 Å². The van der Waals surface area contributed by atoms with Crippen molar-refractivity contribution in [1.82, 2.24) is 10.6 Å². The van der Waals surface area contributed by atoms with Gasteiger partial charge in [-0.1, -0.05) is 26.8 Å². The third kappa shape index (κ3) is 7.60. The Morgan fingerprint density at radius 1 is 0.812 bits per heavy atom. The molecule has 0 aliphatic carbocycles. The monoisotopic (exact) mass is 450 g/mol. The number of hydrogen-bond acceptors (Lipinski definition) is 3. The van der Waals surface area contributed by atoms with E-state index in [4.69, 9.17) is 0 Å². The lowest BCUT2D eigenvalue weighted by Gasteiger charge is -2.17. The third-order valence-corrected chi connectivity index (χ3v) is 4.23. The highest BCUT2D eigenvalue weighted by Crippen LogP contribution is 2.30. The molecule has 0 radical (unpaired) electrons. The third-order valence-electron chi connectivity index (χ3n) is 4.23. The fourth-order valence-electron chi connectivity index (χ4n) is 2.43. The van der Waals surface area contributed by atoms with E-state index in [9.17, 15) is 27.6 Å². The molecule has 2 aromatic carbocycles. The molecule has 2 rings (SSSR count). The van der Waals surface area contributed by atoms with Crippen LogP contribution in [0.3, 0.4) is 0 Å². The molecule has 4 amide bonds. The Morgan fingerprint density at radius 2 is 1.44 bits per heavy atom. The van der Waals surface area contributed by atoms with Gasteiger partial charge in [-0.2, -0.15) is 13.2 Å². The van der Waals surface area contributed by atoms with Gasteiger partial charge in [0.2, 0.25) is 5.91 Å². The number of hydrogen-bond donors (Lipinski definition) is 4. The Balaban J connectivity index is 1.76. The zero-order valence-corrected chi connectivity index (χ0v) is 17.9. The Labute approximate surface area is 183 Å². The molecular weight excluding hydrogens is 425 g/mol. The predicted molar refractivity (Wildman–Crippen MR) is 115 cm³/mol. The second-order valence-electron chi connectivity index (χ2n) is 8.00. The van der Waals surface area contributed by atoms with Gasteiger partial charge in [0, 0.05) is 35.4 Å². The molecular formula is C22H25F3N4O3. The Kier molecular flexibility index (Phi) is 7.85. The molecule has 0 aromatic heterocycles. The maximum absolute atomic E-state index is 12.7. The van der Waals surface area contributed by atoms with Crippen LogP contribution in [-0.2, 0) is 11.0 Å². The summed E-state index contributed by atoms with van der Waals surface area (Å²) in [7, 11) is 0. The van der Waals surface area contributed by atoms with Gasteiger partial charge in [0.25, 0.3) is 5.91 Å². The number of carbonyl (C=O) groups excluding carboxylic acids is 3. The summed E-state index contributed by atoms with van der Waals surface area (Å²) in [6, 6.07) is 9.90. The molecule has 0 atom stereocenters. The first-order chi connectivity index (χ1) is 14.9. The molecule has 0 heterocycles. The summed E-state index contributed by atoms with van der Waals surface area (Å²) >= 11 is 0. The number of benzene rings is 2. The summed E-state index contributed by atoms with van der Waals surface area (Å²) in [5.74, 6) is -0.525. The molecule has 32 heavy (non-hydrogen) atoms. The fraction of sp³-hybridized carbons (Fsp3) is 0.318. The van der Waals surface area contributed by atoms with E-state index in [0.29, 0.717) is 11.3 Å². The molecule has 10 heteroatoms. The summed E-state index contributed by atoms with van der Waals surface area (Å²) < 4.78 is 38.1. The van der Waals surface area contributed by atoms with E-state index in [1.54, 1.807) is 45.0 Å². The van der Waals surface area contributed by atoms with Crippen molar-refractivity contribution in [1.29, 1.82) is 0 Å². The van der Waals surface area contributed by atoms with Gasteiger partial charge in [-0.05, 0) is 42.5 Å². The minimum Gasteiger partial charge on any atom is -0.350 e. The van der Waals surface area contributed by atoms with Crippen LogP contribution in [-0.4, -0.2) is 30.9 Å². The number of amides is 4. The van der Waals surface area contributed by atoms with E-state index < -0.39 is 23.2 Å². The van der Waals surface area contributed by atoms with Crippen molar-refractivity contribution in [3.05, 3.63) is 59.7 Å². The topological polar surface area (TPSA) is 99.3 Å². The highest BCUT2D eigenvalue weighted by Gasteiger charge is 2.30. The molecule has 0 aliphatic rings. The van der Waals surface area contributed by atoms with Crippen molar-refractivity contribution < 1.29 is 27.6 Å². The van der Waals surface area contributed by atoms with Crippen LogP contribution >= 0.6 is 0 Å². The van der Waals surface area contributed by atoms with Crippen LogP contribution in [0.4, 0.5) is 29.3 Å². The Hall–Kier alpha value is -3.56. The average Bonchev–Trinajstić information content (AvgIpc) is 2.70. The summed E-state index contributed by atoms with van der Waals surface area (Å²) in [6.45, 7) is 5.54. The van der Waals surface area contributed by atoms with Crippen LogP contribution in [0.1, 0.15) is 36.7 Å². The molecule has 0 saturated carbocycles. The SMILES string of the molecule is CC(C)(C)C(=O)Nc1ccc(C(=O)NCCNC(=O)Nc2cccc(C(F)(F)F)c2)cc1. The molecule has 0 saturated heterocycles. The van der Waals surface area contributed by atoms with Crippen molar-refractivity contribution in [3.63, 3.8) is 0 Å². The quantitative estimate of drug-likeness (QED) is 0.496. The van der Waals surface area contributed by atoms with Crippen LogP contribution < -0.4 is 21.3 Å². The smallest absolute Gasteiger partial charge is 0.350 e. The molecule has 0 unspecified atom stereocenters. The van der Waals surface area contributed by atoms with E-state index in [0.717, 1.165) is 12.1 Å². The number of rotatable bonds is 6. The van der Waals surface area contributed by atoms with Crippen LogP contribution in [0.15, 0.2) is 48.5 Å². The van der Waals surface area contributed by atoms with Gasteiger partial charge in [0.15, 0.2) is 0 Å². The van der Waals surface area contributed by atoms with Gasteiger partial charge in [0.05, 0.1) is 5.56 Å². The number of urea groups is 1. The van der Waals surface area contributed by atoms with Crippen molar-refractivity contribution in [2.45, 2.75) is 26.9 Å². The number of alkyl halides is 3. The first-order valence-electron chi connectivity index (χ1n) is 9.78. The van der Waals surface area contributed by atoms with Crippen LogP contribution in [0.25, 0.3) is 0 Å². The molecule has 0 spiro atoms. The fourth-order valence-corrected chi connectivity index (χ4v) is 2.43. The van der Waals surface area contributed by atoms with Gasteiger partial charge in [-0.3, -0.25) is 9.59 Å². The number of carbonyl (C=O) groups is 3. The van der Waals surface area contributed by atoms with Crippen molar-refractivity contribution in [2.75, 3.05) is 23.7 Å². The van der Waals surface area contributed by atoms with E-state index >= 15 is 0 Å². The zero-order valence-electron chi connectivity index (χ0n) is 17.9. The second kappa shape index (κ2) is 10.2. The maximum atomic E-state index is 12.7.